The summed E-state index contributed by atoms with van der Waals surface area (Å²) in [6, 6.07) is 1.39. The Balaban J connectivity index is 2.74. The van der Waals surface area contributed by atoms with Gasteiger partial charge in [-0.1, -0.05) is 0 Å². The van der Waals surface area contributed by atoms with Gasteiger partial charge in [0.2, 0.25) is 0 Å². The maximum Gasteiger partial charge on any atom is 0.417 e. The van der Waals surface area contributed by atoms with E-state index in [1.807, 2.05) is 0 Å². The van der Waals surface area contributed by atoms with E-state index < -0.39 is 37.0 Å². The Morgan fingerprint density at radius 2 is 1.85 bits per heavy atom. The highest BCUT2D eigenvalue weighted by atomic mass is 35.5. The van der Waals surface area contributed by atoms with Gasteiger partial charge in [-0.3, -0.25) is 4.79 Å². The molecule has 0 heterocycles. The molecular formula is C12H10ClF3O3S. The van der Waals surface area contributed by atoms with Crippen molar-refractivity contribution in [3.05, 3.63) is 28.8 Å². The van der Waals surface area contributed by atoms with Crippen LogP contribution in [0.1, 0.15) is 34.3 Å². The number of rotatable bonds is 3. The highest BCUT2D eigenvalue weighted by molar-refractivity contribution is 7.92. The number of alkyl halides is 3. The summed E-state index contributed by atoms with van der Waals surface area (Å²) in [4.78, 5) is 10.3. The molecule has 0 aromatic heterocycles. The van der Waals surface area contributed by atoms with Crippen LogP contribution < -0.4 is 0 Å². The second kappa shape index (κ2) is 4.73. The van der Waals surface area contributed by atoms with Crippen molar-refractivity contribution in [2.24, 2.45) is 0 Å². The van der Waals surface area contributed by atoms with Crippen molar-refractivity contribution in [3.63, 3.8) is 0 Å². The van der Waals surface area contributed by atoms with Crippen LogP contribution in [0.5, 0.6) is 0 Å². The van der Waals surface area contributed by atoms with E-state index in [0.29, 0.717) is 18.9 Å². The van der Waals surface area contributed by atoms with Gasteiger partial charge in [0, 0.05) is 5.56 Å². The summed E-state index contributed by atoms with van der Waals surface area (Å²) in [7, 11) is -4.02. The number of aryl methyl sites for hydroxylation is 1. The van der Waals surface area contributed by atoms with Gasteiger partial charge in [-0.15, -0.1) is 0 Å². The number of halogens is 4. The molecule has 0 radical (unpaired) electrons. The summed E-state index contributed by atoms with van der Waals surface area (Å²) in [5.74, 6) is 0. The quantitative estimate of drug-likeness (QED) is 0.801. The molecule has 0 aliphatic heterocycles. The fourth-order valence-corrected chi connectivity index (χ4v) is 4.05. The highest BCUT2D eigenvalue weighted by Crippen LogP contribution is 2.41. The minimum atomic E-state index is -4.87. The molecule has 20 heavy (non-hydrogen) atoms. The first-order chi connectivity index (χ1) is 9.05. The minimum absolute atomic E-state index is 0.109. The molecule has 0 amide bonds. The summed E-state index contributed by atoms with van der Waals surface area (Å²) in [6.07, 6.45) is -4.16. The first kappa shape index (κ1) is 15.3. The minimum Gasteiger partial charge on any atom is -0.276 e. The highest BCUT2D eigenvalue weighted by Gasteiger charge is 2.44. The standard InChI is InChI=1S/C12H10ClF3O3S/c1-6-4-10(20(18,19)7-2-3-7)9(12(14,15)16)5-8(6)11(13)17/h4-5,7H,2-3H2,1H3. The van der Waals surface area contributed by atoms with E-state index in [2.05, 4.69) is 0 Å². The summed E-state index contributed by atoms with van der Waals surface area (Å²) < 4.78 is 63.2. The van der Waals surface area contributed by atoms with E-state index in [4.69, 9.17) is 11.6 Å². The van der Waals surface area contributed by atoms with Crippen molar-refractivity contribution >= 4 is 26.7 Å². The van der Waals surface area contributed by atoms with E-state index >= 15 is 0 Å². The molecule has 0 unspecified atom stereocenters. The topological polar surface area (TPSA) is 51.2 Å². The van der Waals surface area contributed by atoms with Gasteiger partial charge in [0.1, 0.15) is 0 Å². The van der Waals surface area contributed by atoms with Gasteiger partial charge in [0.25, 0.3) is 5.24 Å². The van der Waals surface area contributed by atoms with Gasteiger partial charge in [-0.05, 0) is 49.1 Å². The van der Waals surface area contributed by atoms with Crippen molar-refractivity contribution in [2.75, 3.05) is 0 Å². The van der Waals surface area contributed by atoms with Gasteiger partial charge in [-0.25, -0.2) is 8.42 Å². The zero-order chi connectivity index (χ0) is 15.3. The SMILES string of the molecule is Cc1cc(S(=O)(=O)C2CC2)c(C(F)(F)F)cc1C(=O)Cl. The fraction of sp³-hybridized carbons (Fsp3) is 0.417. The third-order valence-corrected chi connectivity index (χ3v) is 5.62. The molecule has 0 saturated heterocycles. The maximum atomic E-state index is 13.0. The predicted molar refractivity (Wildman–Crippen MR) is 66.6 cm³/mol. The van der Waals surface area contributed by atoms with Gasteiger partial charge in [-0.2, -0.15) is 13.2 Å². The smallest absolute Gasteiger partial charge is 0.276 e. The number of hydrogen-bond acceptors (Lipinski definition) is 3. The third kappa shape index (κ3) is 2.69. The molecular weight excluding hydrogens is 317 g/mol. The monoisotopic (exact) mass is 326 g/mol. The largest absolute Gasteiger partial charge is 0.417 e. The van der Waals surface area contributed by atoms with E-state index in [9.17, 15) is 26.4 Å². The van der Waals surface area contributed by atoms with Crippen molar-refractivity contribution in [1.82, 2.24) is 0 Å². The lowest BCUT2D eigenvalue weighted by Crippen LogP contribution is -2.17. The number of carbonyl (C=O) groups is 1. The van der Waals surface area contributed by atoms with Crippen LogP contribution in [0.25, 0.3) is 0 Å². The Hall–Kier alpha value is -1.08. The second-order valence-electron chi connectivity index (χ2n) is 4.68. The van der Waals surface area contributed by atoms with Crippen LogP contribution in [0.3, 0.4) is 0 Å². The zero-order valence-electron chi connectivity index (χ0n) is 10.3. The Kier molecular flexibility index (Phi) is 3.62. The van der Waals surface area contributed by atoms with Gasteiger partial charge < -0.3 is 0 Å². The molecule has 2 rings (SSSR count). The molecule has 0 atom stereocenters. The molecule has 8 heteroatoms. The average molecular weight is 327 g/mol. The lowest BCUT2D eigenvalue weighted by atomic mass is 10.1. The fourth-order valence-electron chi connectivity index (χ4n) is 1.91. The molecule has 1 saturated carbocycles. The first-order valence-corrected chi connectivity index (χ1v) is 7.63. The first-order valence-electron chi connectivity index (χ1n) is 5.70. The molecule has 1 aromatic carbocycles. The number of benzene rings is 1. The molecule has 1 aliphatic carbocycles. The summed E-state index contributed by atoms with van der Waals surface area (Å²) in [5, 5.41) is -1.82. The lowest BCUT2D eigenvalue weighted by molar-refractivity contribution is -0.139. The summed E-state index contributed by atoms with van der Waals surface area (Å²) in [6.45, 7) is 1.35. The third-order valence-electron chi connectivity index (χ3n) is 3.11. The van der Waals surface area contributed by atoms with E-state index in [1.165, 1.54) is 6.92 Å². The van der Waals surface area contributed by atoms with Crippen LogP contribution in [-0.4, -0.2) is 18.9 Å². The van der Waals surface area contributed by atoms with Gasteiger partial charge in [0.15, 0.2) is 9.84 Å². The van der Waals surface area contributed by atoms with Crippen LogP contribution in [0.15, 0.2) is 17.0 Å². The summed E-state index contributed by atoms with van der Waals surface area (Å²) in [5.41, 5.74) is -1.56. The van der Waals surface area contributed by atoms with E-state index in [1.54, 1.807) is 0 Å². The average Bonchev–Trinajstić information content (AvgIpc) is 3.10. The number of hydrogen-bond donors (Lipinski definition) is 0. The molecule has 0 bridgehead atoms. The van der Waals surface area contributed by atoms with Gasteiger partial charge >= 0.3 is 6.18 Å². The van der Waals surface area contributed by atoms with Gasteiger partial charge in [0.05, 0.1) is 15.7 Å². The van der Waals surface area contributed by atoms with Crippen molar-refractivity contribution in [3.8, 4) is 0 Å². The lowest BCUT2D eigenvalue weighted by Gasteiger charge is -2.15. The maximum absolute atomic E-state index is 13.0. The molecule has 0 N–H and O–H groups in total. The Morgan fingerprint density at radius 1 is 1.30 bits per heavy atom. The number of sulfone groups is 1. The molecule has 0 spiro atoms. The molecule has 1 aliphatic rings. The Labute approximate surface area is 118 Å². The molecule has 1 aromatic rings. The van der Waals surface area contributed by atoms with Crippen molar-refractivity contribution in [1.29, 1.82) is 0 Å². The van der Waals surface area contributed by atoms with E-state index in [0.717, 1.165) is 6.07 Å². The second-order valence-corrected chi connectivity index (χ2v) is 7.22. The van der Waals surface area contributed by atoms with Crippen LogP contribution in [0.4, 0.5) is 13.2 Å². The zero-order valence-corrected chi connectivity index (χ0v) is 11.9. The van der Waals surface area contributed by atoms with Crippen molar-refractivity contribution < 1.29 is 26.4 Å². The normalized spacial score (nSPS) is 16.2. The van der Waals surface area contributed by atoms with Crippen LogP contribution in [0.2, 0.25) is 0 Å². The number of carbonyl (C=O) groups excluding carboxylic acids is 1. The van der Waals surface area contributed by atoms with Crippen LogP contribution in [-0.2, 0) is 16.0 Å². The summed E-state index contributed by atoms with van der Waals surface area (Å²) >= 11 is 5.22. The van der Waals surface area contributed by atoms with E-state index in [-0.39, 0.29) is 11.1 Å². The Morgan fingerprint density at radius 3 is 2.25 bits per heavy atom. The molecule has 3 nitrogen and oxygen atoms in total. The van der Waals surface area contributed by atoms with Crippen molar-refractivity contribution in [2.45, 2.75) is 36.1 Å². The van der Waals surface area contributed by atoms with Crippen LogP contribution in [0, 0.1) is 6.92 Å². The predicted octanol–water partition coefficient (Wildman–Crippen LogP) is 3.33. The molecule has 1 fully saturated rings. The Bertz CT molecular complexity index is 676. The van der Waals surface area contributed by atoms with Crippen LogP contribution >= 0.6 is 11.6 Å². The molecule has 110 valence electrons.